The Bertz CT molecular complexity index is 162. The number of halogens is 1. The zero-order chi connectivity index (χ0) is 7.23. The maximum Gasteiger partial charge on any atom is 0.0824 e. The highest BCUT2D eigenvalue weighted by Gasteiger charge is 1.93. The second-order valence-corrected chi connectivity index (χ2v) is 2.49. The third-order valence-corrected chi connectivity index (χ3v) is 1.55. The van der Waals surface area contributed by atoms with Gasteiger partial charge in [-0.25, -0.2) is 0 Å². The van der Waals surface area contributed by atoms with Crippen molar-refractivity contribution < 1.29 is 0 Å². The topological polar surface area (TPSA) is 41.6 Å². The minimum absolute atomic E-state index is 0.734. The predicted molar refractivity (Wildman–Crippen MR) is 40.0 cm³/mol. The van der Waals surface area contributed by atoms with E-state index in [1.165, 1.54) is 0 Å². The van der Waals surface area contributed by atoms with Crippen molar-refractivity contribution in [1.29, 1.82) is 0 Å². The number of rotatable bonds is 4. The summed E-state index contributed by atoms with van der Waals surface area (Å²) in [6.07, 6.45) is 4.93. The van der Waals surface area contributed by atoms with Crippen LogP contribution < -0.4 is 0 Å². The maximum absolute atomic E-state index is 5.50. The summed E-state index contributed by atoms with van der Waals surface area (Å²) in [4.78, 5) is 0. The first-order chi connectivity index (χ1) is 4.93. The number of H-pyrrole nitrogens is 1. The van der Waals surface area contributed by atoms with Crippen LogP contribution in [0.1, 0.15) is 18.5 Å². The fourth-order valence-corrected chi connectivity index (χ4v) is 0.937. The van der Waals surface area contributed by atoms with E-state index in [-0.39, 0.29) is 0 Å². The van der Waals surface area contributed by atoms with Crippen LogP contribution in [0.15, 0.2) is 6.20 Å². The van der Waals surface area contributed by atoms with E-state index in [1.807, 2.05) is 6.20 Å². The highest BCUT2D eigenvalue weighted by Crippen LogP contribution is 1.99. The smallest absolute Gasteiger partial charge is 0.0824 e. The Morgan fingerprint density at radius 3 is 3.00 bits per heavy atom. The van der Waals surface area contributed by atoms with Gasteiger partial charge in [0.05, 0.1) is 5.69 Å². The largest absolute Gasteiger partial charge is 0.265 e. The van der Waals surface area contributed by atoms with Crippen LogP contribution in [0.3, 0.4) is 0 Å². The van der Waals surface area contributed by atoms with Crippen LogP contribution in [-0.2, 0) is 6.42 Å². The molecule has 1 aromatic heterocycles. The lowest BCUT2D eigenvalue weighted by Gasteiger charge is -1.90. The van der Waals surface area contributed by atoms with Gasteiger partial charge in [0.2, 0.25) is 0 Å². The molecule has 0 saturated heterocycles. The zero-order valence-corrected chi connectivity index (χ0v) is 6.43. The zero-order valence-electron chi connectivity index (χ0n) is 5.68. The summed E-state index contributed by atoms with van der Waals surface area (Å²) in [6, 6.07) is 0. The summed E-state index contributed by atoms with van der Waals surface area (Å²) >= 11 is 5.50. The molecule has 0 fully saturated rings. The van der Waals surface area contributed by atoms with E-state index < -0.39 is 0 Å². The van der Waals surface area contributed by atoms with Gasteiger partial charge in [-0.15, -0.1) is 16.7 Å². The number of nitrogens with zero attached hydrogens (tertiary/aromatic N) is 2. The Balaban J connectivity index is 2.15. The van der Waals surface area contributed by atoms with E-state index in [2.05, 4.69) is 15.4 Å². The number of unbranched alkanes of at least 4 members (excludes halogenated alkanes) is 1. The van der Waals surface area contributed by atoms with Crippen LogP contribution in [0.5, 0.6) is 0 Å². The Kier molecular flexibility index (Phi) is 3.22. The van der Waals surface area contributed by atoms with Gasteiger partial charge in [0.15, 0.2) is 0 Å². The van der Waals surface area contributed by atoms with E-state index in [0.29, 0.717) is 0 Å². The van der Waals surface area contributed by atoms with Crippen LogP contribution in [0.2, 0.25) is 0 Å². The van der Waals surface area contributed by atoms with Gasteiger partial charge in [0, 0.05) is 12.1 Å². The Morgan fingerprint density at radius 1 is 1.50 bits per heavy atom. The lowest BCUT2D eigenvalue weighted by Crippen LogP contribution is -1.85. The van der Waals surface area contributed by atoms with Crippen molar-refractivity contribution in [3.05, 3.63) is 11.9 Å². The summed E-state index contributed by atoms with van der Waals surface area (Å²) in [5.74, 6) is 0.734. The Hall–Kier alpha value is -0.570. The van der Waals surface area contributed by atoms with Crippen molar-refractivity contribution in [3.8, 4) is 0 Å². The maximum atomic E-state index is 5.50. The monoisotopic (exact) mass is 159 g/mol. The van der Waals surface area contributed by atoms with Crippen molar-refractivity contribution in [2.75, 3.05) is 5.88 Å². The number of hydrogen-bond donors (Lipinski definition) is 1. The van der Waals surface area contributed by atoms with Gasteiger partial charge in [-0.05, 0) is 19.3 Å². The molecule has 0 aliphatic rings. The lowest BCUT2D eigenvalue weighted by molar-refractivity contribution is 0.774. The minimum atomic E-state index is 0.734. The fraction of sp³-hybridized carbons (Fsp3) is 0.667. The average Bonchev–Trinajstić information content (AvgIpc) is 2.41. The quantitative estimate of drug-likeness (QED) is 0.533. The first-order valence-electron chi connectivity index (χ1n) is 3.35. The molecule has 1 heterocycles. The molecule has 10 heavy (non-hydrogen) atoms. The summed E-state index contributed by atoms with van der Waals surface area (Å²) in [6.45, 7) is 0. The number of hydrogen-bond acceptors (Lipinski definition) is 2. The standard InChI is InChI=1S/C6H10ClN3/c7-4-2-1-3-6-5-8-10-9-6/h5H,1-4H2,(H,8,9,10). The number of nitrogens with one attached hydrogen (secondary N) is 1. The predicted octanol–water partition coefficient (Wildman–Crippen LogP) is 1.37. The third-order valence-electron chi connectivity index (χ3n) is 1.28. The molecule has 1 rings (SSSR count). The summed E-state index contributed by atoms with van der Waals surface area (Å²) in [7, 11) is 0. The third kappa shape index (κ3) is 2.35. The fourth-order valence-electron chi connectivity index (χ4n) is 0.748. The molecule has 56 valence electrons. The molecule has 0 aliphatic heterocycles. The first kappa shape index (κ1) is 7.54. The van der Waals surface area contributed by atoms with Crippen molar-refractivity contribution in [2.24, 2.45) is 0 Å². The average molecular weight is 160 g/mol. The highest BCUT2D eigenvalue weighted by molar-refractivity contribution is 6.17. The molecule has 1 aromatic rings. The molecule has 0 amide bonds. The first-order valence-corrected chi connectivity index (χ1v) is 3.88. The van der Waals surface area contributed by atoms with Gasteiger partial charge >= 0.3 is 0 Å². The highest BCUT2D eigenvalue weighted by atomic mass is 35.5. The van der Waals surface area contributed by atoms with E-state index in [4.69, 9.17) is 11.6 Å². The van der Waals surface area contributed by atoms with Crippen LogP contribution in [0.25, 0.3) is 0 Å². The number of aromatic amines is 1. The molecule has 0 aromatic carbocycles. The summed E-state index contributed by atoms with van der Waals surface area (Å²) in [5, 5.41) is 10.1. The SMILES string of the molecule is ClCCCCc1c[nH]nn1. The molecular formula is C6H10ClN3. The number of aryl methyl sites for hydroxylation is 1. The molecule has 0 aliphatic carbocycles. The second kappa shape index (κ2) is 4.28. The molecule has 0 bridgehead atoms. The van der Waals surface area contributed by atoms with E-state index >= 15 is 0 Å². The molecule has 0 spiro atoms. The van der Waals surface area contributed by atoms with Gasteiger partial charge in [-0.1, -0.05) is 5.21 Å². The van der Waals surface area contributed by atoms with E-state index in [1.54, 1.807) is 0 Å². The van der Waals surface area contributed by atoms with Gasteiger partial charge in [-0.3, -0.25) is 5.10 Å². The lowest BCUT2D eigenvalue weighted by atomic mass is 10.2. The molecular weight excluding hydrogens is 150 g/mol. The normalized spacial score (nSPS) is 10.1. The molecule has 0 saturated carbocycles. The van der Waals surface area contributed by atoms with Gasteiger partial charge in [-0.2, -0.15) is 0 Å². The Labute approximate surface area is 64.8 Å². The van der Waals surface area contributed by atoms with Crippen LogP contribution in [0.4, 0.5) is 0 Å². The molecule has 0 atom stereocenters. The van der Waals surface area contributed by atoms with E-state index in [9.17, 15) is 0 Å². The molecule has 0 unspecified atom stereocenters. The van der Waals surface area contributed by atoms with Gasteiger partial charge < -0.3 is 0 Å². The molecule has 1 N–H and O–H groups in total. The Morgan fingerprint density at radius 2 is 2.40 bits per heavy atom. The van der Waals surface area contributed by atoms with Crippen LogP contribution in [-0.4, -0.2) is 21.3 Å². The van der Waals surface area contributed by atoms with Gasteiger partial charge in [0.1, 0.15) is 0 Å². The molecule has 0 radical (unpaired) electrons. The number of aromatic nitrogens is 3. The molecule has 3 nitrogen and oxygen atoms in total. The van der Waals surface area contributed by atoms with Crippen LogP contribution in [0, 0.1) is 0 Å². The van der Waals surface area contributed by atoms with Crippen molar-refractivity contribution in [1.82, 2.24) is 15.4 Å². The second-order valence-electron chi connectivity index (χ2n) is 2.11. The minimum Gasteiger partial charge on any atom is -0.265 e. The van der Waals surface area contributed by atoms with E-state index in [0.717, 1.165) is 30.8 Å². The van der Waals surface area contributed by atoms with Crippen molar-refractivity contribution in [3.63, 3.8) is 0 Å². The van der Waals surface area contributed by atoms with Crippen LogP contribution >= 0.6 is 11.6 Å². The van der Waals surface area contributed by atoms with Crippen molar-refractivity contribution >= 4 is 11.6 Å². The summed E-state index contributed by atoms with van der Waals surface area (Å²) in [5.41, 5.74) is 1.02. The number of alkyl halides is 1. The molecule has 4 heteroatoms. The summed E-state index contributed by atoms with van der Waals surface area (Å²) < 4.78 is 0. The van der Waals surface area contributed by atoms with Gasteiger partial charge in [0.25, 0.3) is 0 Å². The van der Waals surface area contributed by atoms with Crippen molar-refractivity contribution in [2.45, 2.75) is 19.3 Å².